The molecule has 19 heavy (non-hydrogen) atoms. The summed E-state index contributed by atoms with van der Waals surface area (Å²) in [6, 6.07) is 2.45. The minimum absolute atomic E-state index is 0.00715. The van der Waals surface area contributed by atoms with Crippen molar-refractivity contribution in [3.8, 4) is 0 Å². The lowest BCUT2D eigenvalue weighted by molar-refractivity contribution is 0.0953. The van der Waals surface area contributed by atoms with Crippen LogP contribution in [0.2, 0.25) is 0 Å². The Hall–Kier alpha value is -2.09. The maximum atomic E-state index is 11.7. The average molecular weight is 285 g/mol. The van der Waals surface area contributed by atoms with Crippen LogP contribution in [-0.4, -0.2) is 33.0 Å². The topological polar surface area (TPSA) is 132 Å². The molecule has 0 aliphatic carbocycles. The third kappa shape index (κ3) is 3.02. The van der Waals surface area contributed by atoms with E-state index in [1.54, 1.807) is 6.92 Å². The quantitative estimate of drug-likeness (QED) is 0.643. The zero-order valence-corrected chi connectivity index (χ0v) is 11.4. The Kier molecular flexibility index (Phi) is 4.15. The first-order chi connectivity index (χ1) is 8.70. The lowest BCUT2D eigenvalue weighted by atomic mass is 10.1. The van der Waals surface area contributed by atoms with Crippen molar-refractivity contribution in [3.05, 3.63) is 23.3 Å². The molecule has 0 aliphatic heterocycles. The van der Waals surface area contributed by atoms with Crippen LogP contribution in [0.4, 0.5) is 5.69 Å². The van der Waals surface area contributed by atoms with E-state index in [1.807, 2.05) is 0 Å². The molecule has 0 aromatic heterocycles. The maximum Gasteiger partial charge on any atom is 0.253 e. The first-order valence-corrected chi connectivity index (χ1v) is 7.29. The van der Waals surface area contributed by atoms with Crippen LogP contribution in [0.5, 0.6) is 0 Å². The third-order valence-corrected chi connectivity index (χ3v) is 3.60. The van der Waals surface area contributed by atoms with E-state index in [0.717, 1.165) is 6.26 Å². The van der Waals surface area contributed by atoms with Crippen LogP contribution >= 0.6 is 0 Å². The Morgan fingerprint density at radius 1 is 1.26 bits per heavy atom. The van der Waals surface area contributed by atoms with Gasteiger partial charge in [-0.25, -0.2) is 8.42 Å². The standard InChI is InChI=1S/C11H15N3O4S/c1-3-14-11(16)6-4-5-7(10(13)15)9(8(6)12)19(2,17)18/h4-5H,3,12H2,1-2H3,(H2,13,15)(H,14,16). The number of sulfone groups is 1. The van der Waals surface area contributed by atoms with Crippen LogP contribution in [0.3, 0.4) is 0 Å². The van der Waals surface area contributed by atoms with Crippen LogP contribution in [-0.2, 0) is 9.84 Å². The van der Waals surface area contributed by atoms with Crippen LogP contribution in [0, 0.1) is 0 Å². The van der Waals surface area contributed by atoms with Crippen molar-refractivity contribution in [3.63, 3.8) is 0 Å². The molecule has 0 atom stereocenters. The zero-order chi connectivity index (χ0) is 14.8. The van der Waals surface area contributed by atoms with E-state index in [-0.39, 0.29) is 16.8 Å². The molecule has 0 unspecified atom stereocenters. The molecule has 8 heteroatoms. The number of hydrogen-bond acceptors (Lipinski definition) is 5. The summed E-state index contributed by atoms with van der Waals surface area (Å²) in [5.41, 5.74) is 10.3. The summed E-state index contributed by atoms with van der Waals surface area (Å²) >= 11 is 0. The number of amides is 2. The molecule has 2 amide bonds. The number of carbonyl (C=O) groups is 2. The lowest BCUT2D eigenvalue weighted by Gasteiger charge is -2.12. The molecule has 0 bridgehead atoms. The molecule has 7 nitrogen and oxygen atoms in total. The molecular formula is C11H15N3O4S. The molecule has 0 saturated carbocycles. The molecule has 0 spiro atoms. The van der Waals surface area contributed by atoms with Gasteiger partial charge in [-0.1, -0.05) is 0 Å². The van der Waals surface area contributed by atoms with Crippen molar-refractivity contribution < 1.29 is 18.0 Å². The van der Waals surface area contributed by atoms with Gasteiger partial charge in [-0.2, -0.15) is 0 Å². The van der Waals surface area contributed by atoms with Gasteiger partial charge in [0, 0.05) is 12.8 Å². The summed E-state index contributed by atoms with van der Waals surface area (Å²) in [6.07, 6.45) is 0.895. The van der Waals surface area contributed by atoms with Crippen LogP contribution in [0.15, 0.2) is 17.0 Å². The van der Waals surface area contributed by atoms with E-state index in [9.17, 15) is 18.0 Å². The molecule has 1 rings (SSSR count). The summed E-state index contributed by atoms with van der Waals surface area (Å²) in [5.74, 6) is -1.43. The summed E-state index contributed by atoms with van der Waals surface area (Å²) in [5, 5.41) is 2.50. The van der Waals surface area contributed by atoms with E-state index in [1.165, 1.54) is 12.1 Å². The molecule has 0 radical (unpaired) electrons. The number of nitrogens with one attached hydrogen (secondary N) is 1. The minimum atomic E-state index is -3.79. The number of hydrogen-bond donors (Lipinski definition) is 3. The van der Waals surface area contributed by atoms with E-state index in [0.29, 0.717) is 6.54 Å². The Labute approximate surface area is 110 Å². The fourth-order valence-electron chi connectivity index (χ4n) is 1.65. The predicted octanol–water partition coefficient (Wildman–Crippen LogP) is -0.479. The second-order valence-electron chi connectivity index (χ2n) is 3.90. The monoisotopic (exact) mass is 285 g/mol. The number of rotatable bonds is 4. The highest BCUT2D eigenvalue weighted by Crippen LogP contribution is 2.26. The van der Waals surface area contributed by atoms with Gasteiger partial charge in [0.25, 0.3) is 5.91 Å². The molecule has 5 N–H and O–H groups in total. The molecule has 0 aliphatic rings. The number of nitrogen functional groups attached to an aromatic ring is 1. The first kappa shape index (κ1) is 15.0. The van der Waals surface area contributed by atoms with Gasteiger partial charge in [0.1, 0.15) is 4.90 Å². The van der Waals surface area contributed by atoms with Crippen LogP contribution in [0.1, 0.15) is 27.6 Å². The SMILES string of the molecule is CCNC(=O)c1ccc(C(N)=O)c(S(C)(=O)=O)c1N. The van der Waals surface area contributed by atoms with Gasteiger partial charge >= 0.3 is 0 Å². The van der Waals surface area contributed by atoms with Gasteiger partial charge < -0.3 is 16.8 Å². The fourth-order valence-corrected chi connectivity index (χ4v) is 2.72. The van der Waals surface area contributed by atoms with Crippen LogP contribution < -0.4 is 16.8 Å². The highest BCUT2D eigenvalue weighted by Gasteiger charge is 2.24. The van der Waals surface area contributed by atoms with Crippen molar-refractivity contribution in [1.82, 2.24) is 5.32 Å². The highest BCUT2D eigenvalue weighted by atomic mass is 32.2. The average Bonchev–Trinajstić information content (AvgIpc) is 2.26. The summed E-state index contributed by atoms with van der Waals surface area (Å²) in [6.45, 7) is 2.08. The molecule has 1 aromatic carbocycles. The Morgan fingerprint density at radius 3 is 2.21 bits per heavy atom. The van der Waals surface area contributed by atoms with E-state index >= 15 is 0 Å². The third-order valence-electron chi connectivity index (χ3n) is 2.41. The molecule has 104 valence electrons. The summed E-state index contributed by atoms with van der Waals surface area (Å²) in [4.78, 5) is 22.5. The van der Waals surface area contributed by atoms with Crippen molar-refractivity contribution in [2.45, 2.75) is 11.8 Å². The number of benzene rings is 1. The lowest BCUT2D eigenvalue weighted by Crippen LogP contribution is -2.26. The molecule has 0 heterocycles. The van der Waals surface area contributed by atoms with Crippen LogP contribution in [0.25, 0.3) is 0 Å². The van der Waals surface area contributed by atoms with Gasteiger partial charge in [-0.3, -0.25) is 9.59 Å². The second kappa shape index (κ2) is 5.27. The van der Waals surface area contributed by atoms with Crippen molar-refractivity contribution in [2.24, 2.45) is 5.73 Å². The predicted molar refractivity (Wildman–Crippen MR) is 70.5 cm³/mol. The second-order valence-corrected chi connectivity index (χ2v) is 5.85. The van der Waals surface area contributed by atoms with Gasteiger partial charge in [-0.05, 0) is 19.1 Å². The normalized spacial score (nSPS) is 11.1. The smallest absolute Gasteiger partial charge is 0.253 e. The van der Waals surface area contributed by atoms with Gasteiger partial charge in [0.15, 0.2) is 9.84 Å². The van der Waals surface area contributed by atoms with E-state index < -0.39 is 26.5 Å². The number of carbonyl (C=O) groups excluding carboxylic acids is 2. The maximum absolute atomic E-state index is 11.7. The van der Waals surface area contributed by atoms with Gasteiger partial charge in [0.2, 0.25) is 5.91 Å². The Balaban J connectivity index is 3.61. The summed E-state index contributed by atoms with van der Waals surface area (Å²) < 4.78 is 23.4. The molecule has 1 aromatic rings. The van der Waals surface area contributed by atoms with Crippen molar-refractivity contribution in [2.75, 3.05) is 18.5 Å². The summed E-state index contributed by atoms with van der Waals surface area (Å²) in [7, 11) is -3.79. The highest BCUT2D eigenvalue weighted by molar-refractivity contribution is 7.91. The van der Waals surface area contributed by atoms with E-state index in [4.69, 9.17) is 11.5 Å². The molecule has 0 saturated heterocycles. The zero-order valence-electron chi connectivity index (χ0n) is 10.6. The van der Waals surface area contributed by atoms with Gasteiger partial charge in [-0.15, -0.1) is 0 Å². The number of primary amides is 1. The minimum Gasteiger partial charge on any atom is -0.397 e. The first-order valence-electron chi connectivity index (χ1n) is 5.40. The van der Waals surface area contributed by atoms with Crippen molar-refractivity contribution in [1.29, 1.82) is 0 Å². The Morgan fingerprint density at radius 2 is 1.79 bits per heavy atom. The van der Waals surface area contributed by atoms with E-state index in [2.05, 4.69) is 5.32 Å². The van der Waals surface area contributed by atoms with Gasteiger partial charge in [0.05, 0.1) is 16.8 Å². The van der Waals surface area contributed by atoms with Crippen molar-refractivity contribution >= 4 is 27.3 Å². The number of anilines is 1. The number of nitrogens with two attached hydrogens (primary N) is 2. The fraction of sp³-hybridized carbons (Fsp3) is 0.273. The molecular weight excluding hydrogens is 270 g/mol. The largest absolute Gasteiger partial charge is 0.397 e. The molecule has 0 fully saturated rings. The Bertz CT molecular complexity index is 638.